The van der Waals surface area contributed by atoms with Crippen molar-refractivity contribution in [2.24, 2.45) is 0 Å². The average molecular weight is 810 g/mol. The first-order chi connectivity index (χ1) is 30.0. The van der Waals surface area contributed by atoms with Crippen LogP contribution < -0.4 is 9.47 Å². The van der Waals surface area contributed by atoms with Crippen LogP contribution in [-0.4, -0.2) is 53.8 Å². The molecule has 1 saturated heterocycles. The second kappa shape index (κ2) is 18.6. The quantitative estimate of drug-likeness (QED) is 0.141. The van der Waals surface area contributed by atoms with E-state index in [1.807, 2.05) is 78.0 Å². The lowest BCUT2D eigenvalue weighted by atomic mass is 9.85. The van der Waals surface area contributed by atoms with Gasteiger partial charge in [0.25, 0.3) is 0 Å². The molecule has 0 radical (unpaired) electrons. The molecular weight excluding hydrogens is 759 g/mol. The Hall–Kier alpha value is -6.81. The van der Waals surface area contributed by atoms with Crippen molar-refractivity contribution in [3.05, 3.63) is 156 Å². The predicted octanol–water partition coefficient (Wildman–Crippen LogP) is 11.2. The molecule has 10 heteroatoms. The average Bonchev–Trinajstić information content (AvgIpc) is 3.96. The molecule has 10 nitrogen and oxygen atoms in total. The molecule has 2 N–H and O–H groups in total. The number of H-pyrrole nitrogens is 2. The second-order valence-corrected chi connectivity index (χ2v) is 16.2. The van der Waals surface area contributed by atoms with Gasteiger partial charge in [-0.2, -0.15) is 0 Å². The lowest BCUT2D eigenvalue weighted by Gasteiger charge is -2.31. The molecule has 0 atom stereocenters. The number of imidazole rings is 2. The predicted molar refractivity (Wildman–Crippen MR) is 240 cm³/mol. The van der Waals surface area contributed by atoms with E-state index in [4.69, 9.17) is 14.5 Å². The first-order valence-electron chi connectivity index (χ1n) is 21.5. The number of benzene rings is 4. The summed E-state index contributed by atoms with van der Waals surface area (Å²) in [7, 11) is 0. The van der Waals surface area contributed by atoms with Gasteiger partial charge in [-0.3, -0.25) is 4.79 Å². The maximum absolute atomic E-state index is 11.6. The van der Waals surface area contributed by atoms with Crippen molar-refractivity contribution in [1.29, 1.82) is 0 Å². The zero-order chi connectivity index (χ0) is 41.4. The highest BCUT2D eigenvalue weighted by molar-refractivity contribution is 5.77. The Bertz CT molecular complexity index is 2660. The Morgan fingerprint density at radius 1 is 0.590 bits per heavy atom. The molecule has 4 aromatic carbocycles. The molecular formula is C51H51N7O3. The third-order valence-electron chi connectivity index (χ3n) is 12.0. The molecule has 0 spiro atoms. The van der Waals surface area contributed by atoms with E-state index in [9.17, 15) is 4.79 Å². The molecule has 2 aliphatic rings. The van der Waals surface area contributed by atoms with E-state index in [1.54, 1.807) is 6.92 Å². The molecule has 1 saturated carbocycles. The molecule has 2 fully saturated rings. The number of hydrogen-bond acceptors (Lipinski definition) is 7. The van der Waals surface area contributed by atoms with Crippen LogP contribution in [0.25, 0.3) is 45.1 Å². The van der Waals surface area contributed by atoms with Crippen LogP contribution in [0.2, 0.25) is 0 Å². The van der Waals surface area contributed by atoms with E-state index >= 15 is 0 Å². The number of carbonyl (C=O) groups is 1. The maximum atomic E-state index is 11.6. The number of para-hydroxylation sites is 2. The van der Waals surface area contributed by atoms with Crippen LogP contribution in [-0.2, 0) is 18.0 Å². The number of hydrogen-bond donors (Lipinski definition) is 2. The number of carbonyl (C=O) groups excluding carboxylic acids is 1. The van der Waals surface area contributed by atoms with Crippen LogP contribution in [0.5, 0.6) is 11.5 Å². The van der Waals surface area contributed by atoms with Crippen molar-refractivity contribution >= 4 is 28.2 Å². The van der Waals surface area contributed by atoms with Gasteiger partial charge in [0.1, 0.15) is 36.4 Å². The Morgan fingerprint density at radius 2 is 1.03 bits per heavy atom. The first-order valence-corrected chi connectivity index (χ1v) is 21.5. The van der Waals surface area contributed by atoms with Crippen LogP contribution in [0, 0.1) is 0 Å². The smallest absolute Gasteiger partial charge is 0.219 e. The molecule has 308 valence electrons. The number of likely N-dealkylation sites (tertiary alicyclic amines) is 1. The SMILES string of the molecule is CC(=O)N1CCC(c2cnc3nc(-c4ccc(COc5ccccc5)cc4)[nH]c3c2)CC1.c1ccc(OCc2ccc(-c3nc4ncc(C5CCCCC5)cc4[nH]3)cc2)cc1. The lowest BCUT2D eigenvalue weighted by Crippen LogP contribution is -2.36. The van der Waals surface area contributed by atoms with E-state index in [-0.39, 0.29) is 5.91 Å². The minimum Gasteiger partial charge on any atom is -0.489 e. The summed E-state index contributed by atoms with van der Waals surface area (Å²) in [6.45, 7) is 4.34. The van der Waals surface area contributed by atoms with Gasteiger partial charge in [0.05, 0.1) is 11.0 Å². The van der Waals surface area contributed by atoms with Crippen molar-refractivity contribution in [2.75, 3.05) is 13.1 Å². The summed E-state index contributed by atoms with van der Waals surface area (Å²) in [6, 6.07) is 40.7. The monoisotopic (exact) mass is 809 g/mol. The number of amides is 1. The fourth-order valence-corrected chi connectivity index (χ4v) is 8.40. The Morgan fingerprint density at radius 3 is 1.48 bits per heavy atom. The number of aromatic amines is 2. The Kier molecular flexibility index (Phi) is 12.1. The van der Waals surface area contributed by atoms with E-state index < -0.39 is 0 Å². The number of fused-ring (bicyclic) bond motifs is 2. The molecule has 0 bridgehead atoms. The number of nitrogens with zero attached hydrogens (tertiary/aromatic N) is 5. The molecule has 1 aliphatic carbocycles. The topological polar surface area (TPSA) is 122 Å². The van der Waals surface area contributed by atoms with Crippen LogP contribution in [0.4, 0.5) is 0 Å². The van der Waals surface area contributed by atoms with Crippen molar-refractivity contribution in [2.45, 2.75) is 76.9 Å². The highest BCUT2D eigenvalue weighted by atomic mass is 16.5. The summed E-state index contributed by atoms with van der Waals surface area (Å²) in [5, 5.41) is 0. The summed E-state index contributed by atoms with van der Waals surface area (Å²) in [4.78, 5) is 39.0. The molecule has 5 heterocycles. The fraction of sp³-hybridized carbons (Fsp3) is 0.275. The Balaban J connectivity index is 0.000000157. The lowest BCUT2D eigenvalue weighted by molar-refractivity contribution is -0.129. The molecule has 1 aliphatic heterocycles. The normalized spacial score (nSPS) is 14.7. The van der Waals surface area contributed by atoms with Gasteiger partial charge in [0.2, 0.25) is 5.91 Å². The van der Waals surface area contributed by atoms with Crippen LogP contribution >= 0.6 is 0 Å². The molecule has 0 unspecified atom stereocenters. The number of pyridine rings is 2. The summed E-state index contributed by atoms with van der Waals surface area (Å²) < 4.78 is 11.6. The Labute approximate surface area is 356 Å². The fourth-order valence-electron chi connectivity index (χ4n) is 8.40. The van der Waals surface area contributed by atoms with Gasteiger partial charge < -0.3 is 24.3 Å². The van der Waals surface area contributed by atoms with Crippen molar-refractivity contribution in [3.8, 4) is 34.3 Å². The second-order valence-electron chi connectivity index (χ2n) is 16.2. The largest absolute Gasteiger partial charge is 0.489 e. The van der Waals surface area contributed by atoms with E-state index in [1.165, 1.54) is 43.2 Å². The van der Waals surface area contributed by atoms with Crippen LogP contribution in [0.1, 0.15) is 86.0 Å². The molecule has 1 amide bonds. The number of ether oxygens (including phenoxy) is 2. The van der Waals surface area contributed by atoms with Crippen LogP contribution in [0.3, 0.4) is 0 Å². The molecule has 8 aromatic rings. The highest BCUT2D eigenvalue weighted by Gasteiger charge is 2.23. The van der Waals surface area contributed by atoms with Crippen LogP contribution in [0.15, 0.2) is 134 Å². The number of nitrogens with one attached hydrogen (secondary N) is 2. The van der Waals surface area contributed by atoms with E-state index in [2.05, 4.69) is 85.6 Å². The summed E-state index contributed by atoms with van der Waals surface area (Å²) in [5.41, 5.74) is 10.4. The summed E-state index contributed by atoms with van der Waals surface area (Å²) in [5.74, 6) is 4.66. The standard InChI is InChI=1S/C26H26N4O2.C25H25N3O/c1-18(31)30-13-11-20(12-14-30)22-15-24-26(27-16-22)29-25(28-24)21-9-7-19(8-10-21)17-32-23-5-3-2-4-6-23;1-3-7-19(8-4-1)21-15-23-25(26-16-21)28-24(27-23)20-13-11-18(12-14-20)17-29-22-9-5-2-6-10-22/h2-10,15-16,20H,11-14,17H2,1H3,(H,27,28,29);2,5-6,9-16,19H,1,3-4,7-8,17H2,(H,26,27,28). The highest BCUT2D eigenvalue weighted by Crippen LogP contribution is 2.34. The third kappa shape index (κ3) is 9.81. The molecule has 61 heavy (non-hydrogen) atoms. The number of piperidine rings is 1. The van der Waals surface area contributed by atoms with E-state index in [0.717, 1.165) is 93.7 Å². The van der Waals surface area contributed by atoms with Gasteiger partial charge >= 0.3 is 0 Å². The first kappa shape index (κ1) is 39.6. The third-order valence-corrected chi connectivity index (χ3v) is 12.0. The van der Waals surface area contributed by atoms with Crippen molar-refractivity contribution in [1.82, 2.24) is 34.8 Å². The maximum Gasteiger partial charge on any atom is 0.219 e. The van der Waals surface area contributed by atoms with Gasteiger partial charge in [-0.25, -0.2) is 19.9 Å². The van der Waals surface area contributed by atoms with Gasteiger partial charge in [-0.15, -0.1) is 0 Å². The minimum atomic E-state index is 0.160. The molecule has 4 aromatic heterocycles. The zero-order valence-electron chi connectivity index (χ0n) is 34.6. The number of rotatable bonds is 10. The minimum absolute atomic E-state index is 0.160. The summed E-state index contributed by atoms with van der Waals surface area (Å²) >= 11 is 0. The van der Waals surface area contributed by atoms with Gasteiger partial charge in [-0.05, 0) is 96.2 Å². The number of aromatic nitrogens is 6. The zero-order valence-corrected chi connectivity index (χ0v) is 34.6. The van der Waals surface area contributed by atoms with Crippen molar-refractivity contribution in [3.63, 3.8) is 0 Å². The van der Waals surface area contributed by atoms with E-state index in [0.29, 0.717) is 25.0 Å². The van der Waals surface area contributed by atoms with Crippen molar-refractivity contribution < 1.29 is 14.3 Å². The van der Waals surface area contributed by atoms with Gasteiger partial charge in [0, 0.05) is 43.5 Å². The summed E-state index contributed by atoms with van der Waals surface area (Å²) in [6.07, 6.45) is 12.5. The van der Waals surface area contributed by atoms with Gasteiger partial charge in [0.15, 0.2) is 11.3 Å². The van der Waals surface area contributed by atoms with Gasteiger partial charge in [-0.1, -0.05) is 104 Å². The molecule has 10 rings (SSSR count).